The number of hydrogen-bond acceptors (Lipinski definition) is 4. The summed E-state index contributed by atoms with van der Waals surface area (Å²) in [5.74, 6) is 0.990. The van der Waals surface area contributed by atoms with Crippen LogP contribution < -0.4 is 0 Å². The molecule has 4 nitrogen and oxygen atoms in total. The van der Waals surface area contributed by atoms with Crippen LogP contribution in [0.25, 0.3) is 0 Å². The van der Waals surface area contributed by atoms with Gasteiger partial charge in [0.15, 0.2) is 0 Å². The second-order valence-corrected chi connectivity index (χ2v) is 6.69. The van der Waals surface area contributed by atoms with E-state index in [-0.39, 0.29) is 6.10 Å². The van der Waals surface area contributed by atoms with E-state index >= 15 is 0 Å². The van der Waals surface area contributed by atoms with Crippen molar-refractivity contribution in [3.63, 3.8) is 0 Å². The Labute approximate surface area is 126 Å². The van der Waals surface area contributed by atoms with Crippen molar-refractivity contribution in [2.45, 2.75) is 58.5 Å². The van der Waals surface area contributed by atoms with Crippen molar-refractivity contribution in [3.05, 3.63) is 12.2 Å². The average molecular weight is 294 g/mol. The Hall–Kier alpha value is -1.32. The van der Waals surface area contributed by atoms with Gasteiger partial charge in [-0.05, 0) is 56.3 Å². The number of rotatable bonds is 7. The van der Waals surface area contributed by atoms with Crippen LogP contribution in [0.3, 0.4) is 0 Å². The lowest BCUT2D eigenvalue weighted by atomic mass is 9.98. The van der Waals surface area contributed by atoms with Crippen molar-refractivity contribution in [2.24, 2.45) is 17.8 Å². The minimum Gasteiger partial charge on any atom is -0.463 e. The molecule has 0 saturated heterocycles. The number of ether oxygens (including phenoxy) is 2. The van der Waals surface area contributed by atoms with Crippen molar-refractivity contribution in [3.8, 4) is 0 Å². The van der Waals surface area contributed by atoms with Crippen molar-refractivity contribution in [1.29, 1.82) is 0 Å². The molecule has 0 spiro atoms. The fourth-order valence-electron chi connectivity index (χ4n) is 3.37. The van der Waals surface area contributed by atoms with Crippen LogP contribution in [0.2, 0.25) is 0 Å². The van der Waals surface area contributed by atoms with E-state index < -0.39 is 11.9 Å². The van der Waals surface area contributed by atoms with E-state index in [1.807, 2.05) is 0 Å². The van der Waals surface area contributed by atoms with Crippen molar-refractivity contribution in [1.82, 2.24) is 0 Å². The molecule has 4 heteroatoms. The van der Waals surface area contributed by atoms with Gasteiger partial charge in [-0.3, -0.25) is 0 Å². The zero-order valence-corrected chi connectivity index (χ0v) is 13.0. The number of fused-ring (bicyclic) bond motifs is 2. The lowest BCUT2D eigenvalue weighted by Gasteiger charge is -2.20. The van der Waals surface area contributed by atoms with Gasteiger partial charge in [-0.15, -0.1) is 0 Å². The fraction of sp³-hybridized carbons (Fsp3) is 0.765. The minimum atomic E-state index is -0.469. The largest absolute Gasteiger partial charge is 0.463 e. The van der Waals surface area contributed by atoms with Gasteiger partial charge >= 0.3 is 11.9 Å². The molecule has 3 atom stereocenters. The molecule has 2 rings (SSSR count). The molecular weight excluding hydrogens is 268 g/mol. The molecular formula is C17H26O4. The molecule has 0 heterocycles. The second kappa shape index (κ2) is 7.62. The lowest BCUT2D eigenvalue weighted by molar-refractivity contribution is -0.146. The van der Waals surface area contributed by atoms with Crippen LogP contribution in [-0.2, 0) is 19.1 Å². The first-order chi connectivity index (χ1) is 10.0. The third-order valence-electron chi connectivity index (χ3n) is 4.47. The van der Waals surface area contributed by atoms with E-state index in [0.717, 1.165) is 25.2 Å². The molecule has 0 radical (unpaired) electrons. The topological polar surface area (TPSA) is 52.6 Å². The smallest absolute Gasteiger partial charge is 0.331 e. The van der Waals surface area contributed by atoms with E-state index in [1.165, 1.54) is 31.4 Å². The minimum absolute atomic E-state index is 0.0583. The van der Waals surface area contributed by atoms with Crippen LogP contribution in [0.5, 0.6) is 0 Å². The van der Waals surface area contributed by atoms with E-state index in [2.05, 4.69) is 13.8 Å². The number of carbonyl (C=O) groups excluding carboxylic acids is 2. The summed E-state index contributed by atoms with van der Waals surface area (Å²) in [7, 11) is 0. The Morgan fingerprint density at radius 2 is 1.90 bits per heavy atom. The Morgan fingerprint density at radius 3 is 2.52 bits per heavy atom. The Bertz CT molecular complexity index is 400. The summed E-state index contributed by atoms with van der Waals surface area (Å²) in [4.78, 5) is 23.1. The monoisotopic (exact) mass is 294 g/mol. The van der Waals surface area contributed by atoms with Gasteiger partial charge < -0.3 is 9.47 Å². The molecule has 0 aromatic carbocycles. The van der Waals surface area contributed by atoms with Gasteiger partial charge in [0, 0.05) is 12.2 Å². The van der Waals surface area contributed by atoms with Gasteiger partial charge in [0.2, 0.25) is 0 Å². The maximum absolute atomic E-state index is 11.7. The van der Waals surface area contributed by atoms with Crippen LogP contribution in [-0.4, -0.2) is 24.6 Å². The summed E-state index contributed by atoms with van der Waals surface area (Å²) >= 11 is 0. The summed E-state index contributed by atoms with van der Waals surface area (Å²) in [5, 5.41) is 0. The summed E-state index contributed by atoms with van der Waals surface area (Å²) in [5.41, 5.74) is 0. The predicted molar refractivity (Wildman–Crippen MR) is 79.5 cm³/mol. The molecule has 2 aliphatic rings. The van der Waals surface area contributed by atoms with E-state index in [9.17, 15) is 9.59 Å². The van der Waals surface area contributed by atoms with Crippen molar-refractivity contribution in [2.75, 3.05) is 6.61 Å². The first-order valence-electron chi connectivity index (χ1n) is 8.10. The standard InChI is InChI=1S/C17H26O4/c1-12(2)4-3-9-20-16(18)7-8-17(19)21-15-11-13-5-6-14(15)10-13/h7-8,12-15H,3-6,9-11H2,1-2H3/b8-7+. The van der Waals surface area contributed by atoms with Gasteiger partial charge in [0.25, 0.3) is 0 Å². The maximum Gasteiger partial charge on any atom is 0.331 e. The van der Waals surface area contributed by atoms with Crippen LogP contribution in [0.1, 0.15) is 52.4 Å². The molecule has 0 aliphatic heterocycles. The summed E-state index contributed by atoms with van der Waals surface area (Å²) < 4.78 is 10.4. The van der Waals surface area contributed by atoms with E-state index in [0.29, 0.717) is 18.4 Å². The molecule has 2 saturated carbocycles. The van der Waals surface area contributed by atoms with E-state index in [4.69, 9.17) is 9.47 Å². The molecule has 2 bridgehead atoms. The van der Waals surface area contributed by atoms with Gasteiger partial charge in [-0.25, -0.2) is 9.59 Å². The van der Waals surface area contributed by atoms with Gasteiger partial charge in [0.05, 0.1) is 6.61 Å². The molecule has 0 N–H and O–H groups in total. The molecule has 2 fully saturated rings. The Kier molecular flexibility index (Phi) is 5.83. The van der Waals surface area contributed by atoms with Gasteiger partial charge in [-0.1, -0.05) is 13.8 Å². The molecule has 3 unspecified atom stereocenters. The quantitative estimate of drug-likeness (QED) is 0.411. The first kappa shape index (κ1) is 16.1. The van der Waals surface area contributed by atoms with Crippen LogP contribution >= 0.6 is 0 Å². The molecule has 21 heavy (non-hydrogen) atoms. The zero-order chi connectivity index (χ0) is 15.2. The molecule has 0 aromatic heterocycles. The maximum atomic E-state index is 11.7. The zero-order valence-electron chi connectivity index (χ0n) is 13.0. The highest BCUT2D eigenvalue weighted by molar-refractivity contribution is 5.91. The van der Waals surface area contributed by atoms with Gasteiger partial charge in [0.1, 0.15) is 6.10 Å². The molecule has 2 aliphatic carbocycles. The number of esters is 2. The number of carbonyl (C=O) groups is 2. The lowest BCUT2D eigenvalue weighted by Crippen LogP contribution is -2.23. The highest BCUT2D eigenvalue weighted by Gasteiger charge is 2.41. The molecule has 0 amide bonds. The molecule has 118 valence electrons. The summed E-state index contributed by atoms with van der Waals surface area (Å²) in [6.07, 6.45) is 8.94. The third kappa shape index (κ3) is 5.18. The average Bonchev–Trinajstić information content (AvgIpc) is 3.03. The fourth-order valence-corrected chi connectivity index (χ4v) is 3.37. The van der Waals surface area contributed by atoms with Gasteiger partial charge in [-0.2, -0.15) is 0 Å². The summed E-state index contributed by atoms with van der Waals surface area (Å²) in [6.45, 7) is 4.67. The van der Waals surface area contributed by atoms with Crippen LogP contribution in [0.4, 0.5) is 0 Å². The molecule has 0 aromatic rings. The highest BCUT2D eigenvalue weighted by Crippen LogP contribution is 2.45. The van der Waals surface area contributed by atoms with E-state index in [1.54, 1.807) is 0 Å². The third-order valence-corrected chi connectivity index (χ3v) is 4.47. The summed E-state index contributed by atoms with van der Waals surface area (Å²) in [6, 6.07) is 0. The van der Waals surface area contributed by atoms with Crippen molar-refractivity contribution >= 4 is 11.9 Å². The number of hydrogen-bond donors (Lipinski definition) is 0. The predicted octanol–water partition coefficient (Wildman–Crippen LogP) is 3.25. The normalized spacial score (nSPS) is 27.5. The van der Waals surface area contributed by atoms with Crippen LogP contribution in [0, 0.1) is 17.8 Å². The van der Waals surface area contributed by atoms with Crippen LogP contribution in [0.15, 0.2) is 12.2 Å². The second-order valence-electron chi connectivity index (χ2n) is 6.69. The van der Waals surface area contributed by atoms with Crippen molar-refractivity contribution < 1.29 is 19.1 Å². The SMILES string of the molecule is CC(C)CCCOC(=O)/C=C/C(=O)OC1CC2CCC1C2. The Balaban J connectivity index is 1.61. The Morgan fingerprint density at radius 1 is 1.14 bits per heavy atom. The highest BCUT2D eigenvalue weighted by atomic mass is 16.5. The first-order valence-corrected chi connectivity index (χ1v) is 8.10.